The first kappa shape index (κ1) is 34.7. The van der Waals surface area contributed by atoms with Gasteiger partial charge in [-0.15, -0.1) is 0 Å². The molecule has 5 heteroatoms. The Morgan fingerprint density at radius 3 is 0.596 bits per heavy atom. The number of aryl methyl sites for hydroxylation is 6. The number of rotatable bonds is 8. The summed E-state index contributed by atoms with van der Waals surface area (Å²) in [6.07, 6.45) is 0. The number of hydrogen-bond acceptors (Lipinski definition) is 0. The third-order valence-electron chi connectivity index (χ3n) is 9.59. The van der Waals surface area contributed by atoms with Crippen LogP contribution >= 0.6 is 37.8 Å². The SMILES string of the molecule is Cc1ccccc1[PH](c1ccccc1C)(c1ccccc1C)[Pd]([Br])([Br])[PH](c1ccccc1C)(c1ccccc1C)c1ccccc1C. The van der Waals surface area contributed by atoms with E-state index in [0.29, 0.717) is 0 Å². The quantitative estimate of drug-likeness (QED) is 0.106. The second kappa shape index (κ2) is 14.0. The maximum atomic E-state index is 5.04. The third kappa shape index (κ3) is 5.52. The Bertz CT molecular complexity index is 1700. The molecule has 0 atom stereocenters. The summed E-state index contributed by atoms with van der Waals surface area (Å²) in [5, 5.41) is 8.93. The molecular weight excluding hydrogens is 833 g/mol. The van der Waals surface area contributed by atoms with Gasteiger partial charge in [-0.2, -0.15) is 0 Å². The topological polar surface area (TPSA) is 0 Å². The van der Waals surface area contributed by atoms with Crippen LogP contribution in [-0.4, -0.2) is 0 Å². The van der Waals surface area contributed by atoms with E-state index in [2.05, 4.69) is 187 Å². The van der Waals surface area contributed by atoms with Gasteiger partial charge in [0, 0.05) is 0 Å². The van der Waals surface area contributed by atoms with E-state index in [1.54, 1.807) is 0 Å². The Kier molecular flexibility index (Phi) is 10.3. The molecule has 0 radical (unpaired) electrons. The molecular formula is C42H44Br2P2Pd. The second-order valence-electron chi connectivity index (χ2n) is 12.5. The van der Waals surface area contributed by atoms with Gasteiger partial charge in [-0.3, -0.25) is 0 Å². The van der Waals surface area contributed by atoms with Crippen molar-refractivity contribution in [3.05, 3.63) is 179 Å². The number of benzene rings is 6. The molecule has 0 spiro atoms. The average molecular weight is 877 g/mol. The zero-order chi connectivity index (χ0) is 33.4. The van der Waals surface area contributed by atoms with Crippen LogP contribution in [0.2, 0.25) is 0 Å². The molecule has 0 fully saturated rings. The van der Waals surface area contributed by atoms with Crippen molar-refractivity contribution in [2.45, 2.75) is 41.5 Å². The Balaban J connectivity index is 1.99. The molecule has 0 nitrogen and oxygen atoms in total. The van der Waals surface area contributed by atoms with Gasteiger partial charge in [-0.1, -0.05) is 0 Å². The molecule has 0 amide bonds. The number of halogens is 2. The van der Waals surface area contributed by atoms with Gasteiger partial charge in [0.25, 0.3) is 0 Å². The van der Waals surface area contributed by atoms with Crippen molar-refractivity contribution in [3.63, 3.8) is 0 Å². The fourth-order valence-electron chi connectivity index (χ4n) is 7.34. The first-order valence-corrected chi connectivity index (χ1v) is 31.4. The minimum atomic E-state index is -3.18. The molecule has 0 aliphatic carbocycles. The van der Waals surface area contributed by atoms with Crippen LogP contribution in [-0.2, 0) is 10.5 Å². The zero-order valence-corrected chi connectivity index (χ0v) is 34.7. The van der Waals surface area contributed by atoms with Crippen molar-refractivity contribution in [1.82, 2.24) is 0 Å². The van der Waals surface area contributed by atoms with E-state index in [1.165, 1.54) is 65.2 Å². The van der Waals surface area contributed by atoms with E-state index in [0.717, 1.165) is 0 Å². The van der Waals surface area contributed by atoms with Gasteiger partial charge in [-0.25, -0.2) is 0 Å². The summed E-state index contributed by atoms with van der Waals surface area (Å²) in [4.78, 5) is 0. The summed E-state index contributed by atoms with van der Waals surface area (Å²) in [6.45, 7) is 14.0. The van der Waals surface area contributed by atoms with Crippen LogP contribution in [0.25, 0.3) is 0 Å². The summed E-state index contributed by atoms with van der Waals surface area (Å²) in [6, 6.07) is 55.6. The molecule has 6 aromatic rings. The fourth-order valence-corrected chi connectivity index (χ4v) is 80.3. The van der Waals surface area contributed by atoms with Crippen LogP contribution in [0.15, 0.2) is 146 Å². The van der Waals surface area contributed by atoms with E-state index in [9.17, 15) is 0 Å². The normalized spacial score (nSPS) is 13.3. The summed E-state index contributed by atoms with van der Waals surface area (Å²) in [5.74, 6) is 0. The summed E-state index contributed by atoms with van der Waals surface area (Å²) in [7, 11) is -3.18. The predicted molar refractivity (Wildman–Crippen MR) is 219 cm³/mol. The van der Waals surface area contributed by atoms with Gasteiger partial charge in [-0.05, 0) is 0 Å². The molecule has 0 saturated carbocycles. The fraction of sp³-hybridized carbons (Fsp3) is 0.143. The van der Waals surface area contributed by atoms with Gasteiger partial charge in [0.15, 0.2) is 0 Å². The molecule has 0 aliphatic heterocycles. The molecule has 0 saturated heterocycles. The van der Waals surface area contributed by atoms with Crippen molar-refractivity contribution < 1.29 is 10.5 Å². The molecule has 0 aromatic heterocycles. The van der Waals surface area contributed by atoms with Crippen molar-refractivity contribution in [1.29, 1.82) is 0 Å². The van der Waals surface area contributed by atoms with Crippen LogP contribution < -0.4 is 31.8 Å². The molecule has 47 heavy (non-hydrogen) atoms. The molecule has 0 bridgehead atoms. The minimum absolute atomic E-state index is 1.35. The van der Waals surface area contributed by atoms with Crippen LogP contribution in [0.3, 0.4) is 0 Å². The van der Waals surface area contributed by atoms with Crippen molar-refractivity contribution in [2.75, 3.05) is 0 Å². The van der Waals surface area contributed by atoms with E-state index >= 15 is 0 Å². The number of hydrogen-bond donors (Lipinski definition) is 0. The summed E-state index contributed by atoms with van der Waals surface area (Å²) >= 11 is 10.1. The van der Waals surface area contributed by atoms with Crippen LogP contribution in [0, 0.1) is 41.5 Å². The second-order valence-corrected chi connectivity index (χ2v) is 58.3. The molecule has 0 N–H and O–H groups in total. The monoisotopic (exact) mass is 874 g/mol. The Labute approximate surface area is 298 Å². The molecule has 0 heterocycles. The zero-order valence-electron chi connectivity index (χ0n) is 27.9. The Hall–Kier alpha value is -2.20. The molecule has 6 rings (SSSR count). The van der Waals surface area contributed by atoms with Crippen molar-refractivity contribution in [3.8, 4) is 0 Å². The Morgan fingerprint density at radius 1 is 0.298 bits per heavy atom. The van der Waals surface area contributed by atoms with Gasteiger partial charge < -0.3 is 0 Å². The maximum absolute atomic E-state index is 5.04. The average Bonchev–Trinajstić information content (AvgIpc) is 3.06. The molecule has 246 valence electrons. The molecule has 6 aromatic carbocycles. The first-order chi connectivity index (χ1) is 22.6. The van der Waals surface area contributed by atoms with E-state index in [4.69, 9.17) is 26.9 Å². The first-order valence-electron chi connectivity index (χ1n) is 16.0. The van der Waals surface area contributed by atoms with Gasteiger partial charge in [0.1, 0.15) is 0 Å². The van der Waals surface area contributed by atoms with Crippen LogP contribution in [0.5, 0.6) is 0 Å². The van der Waals surface area contributed by atoms with E-state index < -0.39 is 21.4 Å². The van der Waals surface area contributed by atoms with Gasteiger partial charge in [0.05, 0.1) is 0 Å². The summed E-state index contributed by atoms with van der Waals surface area (Å²) in [5.41, 5.74) is 2.14. The predicted octanol–water partition coefficient (Wildman–Crippen LogP) is 9.89. The summed E-state index contributed by atoms with van der Waals surface area (Å²) < 4.78 is 0. The molecule has 0 aliphatic rings. The van der Waals surface area contributed by atoms with E-state index in [-0.39, 0.29) is 0 Å². The van der Waals surface area contributed by atoms with Crippen LogP contribution in [0.1, 0.15) is 33.4 Å². The van der Waals surface area contributed by atoms with Crippen molar-refractivity contribution >= 4 is 69.6 Å². The van der Waals surface area contributed by atoms with Crippen molar-refractivity contribution in [2.24, 2.45) is 0 Å². The van der Waals surface area contributed by atoms with E-state index in [1.807, 2.05) is 0 Å². The molecule has 0 unspecified atom stereocenters. The van der Waals surface area contributed by atoms with Crippen LogP contribution in [0.4, 0.5) is 0 Å². The third-order valence-corrected chi connectivity index (χ3v) is 69.9. The standard InChI is InChI=1S/2C21H21P.2BrH.Pd/c2*1-16-10-4-7-13-19(16)22(20-14-8-5-11-17(20)2)21-15-9-6-12-18(21)3;;;/h2*4-15H,1-3H3;2*1H;. The Morgan fingerprint density at radius 2 is 0.447 bits per heavy atom. The van der Waals surface area contributed by atoms with Gasteiger partial charge in [0.2, 0.25) is 0 Å². The van der Waals surface area contributed by atoms with Gasteiger partial charge >= 0.3 is 301 Å².